The van der Waals surface area contributed by atoms with Gasteiger partial charge < -0.3 is 10.4 Å². The fourth-order valence-corrected chi connectivity index (χ4v) is 2.68. The van der Waals surface area contributed by atoms with E-state index < -0.39 is 5.97 Å². The monoisotopic (exact) mass is 297 g/mol. The SMILES string of the molecule is Cc1ccc2c(c1)CCC2NC(=O)c1cnc(C(=O)O)cn1. The Labute approximate surface area is 127 Å². The zero-order valence-corrected chi connectivity index (χ0v) is 12.0. The summed E-state index contributed by atoms with van der Waals surface area (Å²) < 4.78 is 0. The Morgan fingerprint density at radius 1 is 1.23 bits per heavy atom. The predicted molar refractivity (Wildman–Crippen MR) is 78.7 cm³/mol. The summed E-state index contributed by atoms with van der Waals surface area (Å²) in [7, 11) is 0. The summed E-state index contributed by atoms with van der Waals surface area (Å²) in [6.07, 6.45) is 4.06. The Bertz CT molecular complexity index is 741. The van der Waals surface area contributed by atoms with Gasteiger partial charge in [-0.3, -0.25) is 4.79 Å². The molecule has 22 heavy (non-hydrogen) atoms. The van der Waals surface area contributed by atoms with Crippen LogP contribution in [0.15, 0.2) is 30.6 Å². The van der Waals surface area contributed by atoms with Gasteiger partial charge in [-0.15, -0.1) is 0 Å². The number of amides is 1. The number of benzene rings is 1. The highest BCUT2D eigenvalue weighted by Crippen LogP contribution is 2.31. The number of hydrogen-bond donors (Lipinski definition) is 2. The van der Waals surface area contributed by atoms with E-state index >= 15 is 0 Å². The molecule has 2 aromatic rings. The minimum absolute atomic E-state index is 0.0379. The summed E-state index contributed by atoms with van der Waals surface area (Å²) in [4.78, 5) is 30.5. The summed E-state index contributed by atoms with van der Waals surface area (Å²) >= 11 is 0. The van der Waals surface area contributed by atoms with Crippen molar-refractivity contribution < 1.29 is 14.7 Å². The normalized spacial score (nSPS) is 16.1. The molecular formula is C16H15N3O3. The minimum Gasteiger partial charge on any atom is -0.476 e. The minimum atomic E-state index is -1.17. The van der Waals surface area contributed by atoms with Crippen LogP contribution in [0.25, 0.3) is 0 Å². The quantitative estimate of drug-likeness (QED) is 0.902. The number of nitrogens with one attached hydrogen (secondary N) is 1. The van der Waals surface area contributed by atoms with Crippen molar-refractivity contribution in [3.63, 3.8) is 0 Å². The topological polar surface area (TPSA) is 92.2 Å². The average Bonchev–Trinajstić information content (AvgIpc) is 2.89. The smallest absolute Gasteiger partial charge is 0.356 e. The van der Waals surface area contributed by atoms with E-state index in [4.69, 9.17) is 5.11 Å². The van der Waals surface area contributed by atoms with Gasteiger partial charge in [-0.25, -0.2) is 14.8 Å². The summed E-state index contributed by atoms with van der Waals surface area (Å²) in [6, 6.07) is 6.18. The molecule has 0 radical (unpaired) electrons. The fourth-order valence-electron chi connectivity index (χ4n) is 2.68. The largest absolute Gasteiger partial charge is 0.476 e. The van der Waals surface area contributed by atoms with Gasteiger partial charge in [0.05, 0.1) is 18.4 Å². The molecule has 0 saturated heterocycles. The number of rotatable bonds is 3. The van der Waals surface area contributed by atoms with Crippen LogP contribution in [0.4, 0.5) is 0 Å². The maximum absolute atomic E-state index is 12.2. The molecule has 0 spiro atoms. The maximum Gasteiger partial charge on any atom is 0.356 e. The van der Waals surface area contributed by atoms with Gasteiger partial charge in [0.25, 0.3) is 5.91 Å². The van der Waals surface area contributed by atoms with E-state index in [9.17, 15) is 9.59 Å². The molecule has 1 aromatic heterocycles. The van der Waals surface area contributed by atoms with Crippen LogP contribution in [0.3, 0.4) is 0 Å². The van der Waals surface area contributed by atoms with Gasteiger partial charge in [0, 0.05) is 0 Å². The molecule has 1 atom stereocenters. The van der Waals surface area contributed by atoms with Crippen LogP contribution in [-0.2, 0) is 6.42 Å². The van der Waals surface area contributed by atoms with Crippen LogP contribution in [0.2, 0.25) is 0 Å². The van der Waals surface area contributed by atoms with Crippen LogP contribution in [-0.4, -0.2) is 27.0 Å². The van der Waals surface area contributed by atoms with E-state index in [-0.39, 0.29) is 23.3 Å². The number of hydrogen-bond acceptors (Lipinski definition) is 4. The lowest BCUT2D eigenvalue weighted by Crippen LogP contribution is -2.28. The third-order valence-electron chi connectivity index (χ3n) is 3.79. The second kappa shape index (κ2) is 5.55. The van der Waals surface area contributed by atoms with E-state index in [1.807, 2.05) is 19.1 Å². The van der Waals surface area contributed by atoms with Crippen LogP contribution < -0.4 is 5.32 Å². The number of nitrogens with zero attached hydrogens (tertiary/aromatic N) is 2. The molecule has 3 rings (SSSR count). The summed E-state index contributed by atoms with van der Waals surface area (Å²) in [5.41, 5.74) is 3.54. The van der Waals surface area contributed by atoms with Crippen LogP contribution in [0, 0.1) is 6.92 Å². The maximum atomic E-state index is 12.2. The number of carbonyl (C=O) groups is 2. The second-order valence-corrected chi connectivity index (χ2v) is 5.36. The van der Waals surface area contributed by atoms with Crippen LogP contribution in [0.1, 0.15) is 50.1 Å². The summed E-state index contributed by atoms with van der Waals surface area (Å²) in [5.74, 6) is -1.51. The van der Waals surface area contributed by atoms with Crippen molar-refractivity contribution in [1.82, 2.24) is 15.3 Å². The molecule has 1 unspecified atom stereocenters. The third-order valence-corrected chi connectivity index (χ3v) is 3.79. The van der Waals surface area contributed by atoms with Crippen molar-refractivity contribution in [1.29, 1.82) is 0 Å². The molecule has 1 aliphatic rings. The number of carboxylic acid groups (broad SMARTS) is 1. The second-order valence-electron chi connectivity index (χ2n) is 5.36. The van der Waals surface area contributed by atoms with Crippen molar-refractivity contribution >= 4 is 11.9 Å². The number of carbonyl (C=O) groups excluding carboxylic acids is 1. The standard InChI is InChI=1S/C16H15N3O3/c1-9-2-4-11-10(6-9)3-5-12(11)19-15(20)13-7-18-14(8-17-13)16(21)22/h2,4,6-8,12H,3,5H2,1H3,(H,19,20)(H,21,22). The van der Waals surface area contributed by atoms with Gasteiger partial charge in [-0.2, -0.15) is 0 Å². The van der Waals surface area contributed by atoms with Crippen LogP contribution in [0.5, 0.6) is 0 Å². The number of aromatic carboxylic acids is 1. The molecule has 0 aliphatic heterocycles. The summed E-state index contributed by atoms with van der Waals surface area (Å²) in [5, 5.41) is 11.7. The van der Waals surface area contributed by atoms with Crippen LogP contribution >= 0.6 is 0 Å². The van der Waals surface area contributed by atoms with Crippen molar-refractivity contribution in [2.75, 3.05) is 0 Å². The van der Waals surface area contributed by atoms with Gasteiger partial charge in [0.1, 0.15) is 5.69 Å². The molecule has 0 saturated carbocycles. The zero-order valence-electron chi connectivity index (χ0n) is 12.0. The lowest BCUT2D eigenvalue weighted by atomic mass is 10.1. The third kappa shape index (κ3) is 2.67. The molecule has 0 bridgehead atoms. The highest BCUT2D eigenvalue weighted by molar-refractivity contribution is 5.93. The Kier molecular flexibility index (Phi) is 3.58. The first-order valence-corrected chi connectivity index (χ1v) is 7.00. The molecule has 1 aromatic carbocycles. The Morgan fingerprint density at radius 3 is 2.64 bits per heavy atom. The molecule has 0 fully saturated rings. The van der Waals surface area contributed by atoms with E-state index in [0.717, 1.165) is 24.6 Å². The lowest BCUT2D eigenvalue weighted by molar-refractivity contribution is 0.0689. The van der Waals surface area contributed by atoms with Gasteiger partial charge >= 0.3 is 5.97 Å². The van der Waals surface area contributed by atoms with E-state index in [1.165, 1.54) is 17.3 Å². The highest BCUT2D eigenvalue weighted by atomic mass is 16.4. The van der Waals surface area contributed by atoms with Gasteiger partial charge in [0.15, 0.2) is 5.69 Å². The predicted octanol–water partition coefficient (Wildman–Crippen LogP) is 1.90. The van der Waals surface area contributed by atoms with Crippen molar-refractivity contribution in [2.24, 2.45) is 0 Å². The highest BCUT2D eigenvalue weighted by Gasteiger charge is 2.24. The Morgan fingerprint density at radius 2 is 1.95 bits per heavy atom. The Balaban J connectivity index is 1.74. The first-order chi connectivity index (χ1) is 10.5. The number of aryl methyl sites for hydroxylation is 2. The van der Waals surface area contributed by atoms with E-state index in [1.54, 1.807) is 0 Å². The molecule has 6 nitrogen and oxygen atoms in total. The van der Waals surface area contributed by atoms with Crippen molar-refractivity contribution in [2.45, 2.75) is 25.8 Å². The first-order valence-electron chi connectivity index (χ1n) is 7.00. The Hall–Kier alpha value is -2.76. The number of fused-ring (bicyclic) bond motifs is 1. The lowest BCUT2D eigenvalue weighted by Gasteiger charge is -2.14. The number of aromatic nitrogens is 2. The molecule has 112 valence electrons. The fraction of sp³-hybridized carbons (Fsp3) is 0.250. The zero-order chi connectivity index (χ0) is 15.7. The average molecular weight is 297 g/mol. The molecule has 1 amide bonds. The van der Waals surface area contributed by atoms with Gasteiger partial charge in [0.2, 0.25) is 0 Å². The van der Waals surface area contributed by atoms with Gasteiger partial charge in [-0.1, -0.05) is 23.8 Å². The number of carboxylic acids is 1. The summed E-state index contributed by atoms with van der Waals surface area (Å²) in [6.45, 7) is 2.05. The van der Waals surface area contributed by atoms with E-state index in [0.29, 0.717) is 0 Å². The first kappa shape index (κ1) is 14.2. The van der Waals surface area contributed by atoms with Gasteiger partial charge in [-0.05, 0) is 30.9 Å². The molecule has 1 aliphatic carbocycles. The molecular weight excluding hydrogens is 282 g/mol. The molecule has 1 heterocycles. The van der Waals surface area contributed by atoms with Crippen molar-refractivity contribution in [3.8, 4) is 0 Å². The van der Waals surface area contributed by atoms with Crippen molar-refractivity contribution in [3.05, 3.63) is 58.7 Å². The molecule has 6 heteroatoms. The van der Waals surface area contributed by atoms with E-state index in [2.05, 4.69) is 21.4 Å². The molecule has 2 N–H and O–H groups in total.